The van der Waals surface area contributed by atoms with Gasteiger partial charge < -0.3 is 0 Å². The Morgan fingerprint density at radius 1 is 0.667 bits per heavy atom. The summed E-state index contributed by atoms with van der Waals surface area (Å²) in [5, 5.41) is 2.36. The summed E-state index contributed by atoms with van der Waals surface area (Å²) in [6.07, 6.45) is 0. The van der Waals surface area contributed by atoms with Crippen molar-refractivity contribution in [1.29, 1.82) is 0 Å². The molecule has 3 aromatic carbocycles. The Bertz CT molecular complexity index is 934. The van der Waals surface area contributed by atoms with Gasteiger partial charge in [0, 0.05) is 11.1 Å². The fraction of sp³-hybridized carbons (Fsp3) is 0.0455. The van der Waals surface area contributed by atoms with Gasteiger partial charge in [0.25, 0.3) is 0 Å². The summed E-state index contributed by atoms with van der Waals surface area (Å²) < 4.78 is 0. The van der Waals surface area contributed by atoms with Crippen molar-refractivity contribution in [1.82, 2.24) is 0 Å². The average Bonchev–Trinajstić information content (AvgIpc) is 2.63. The van der Waals surface area contributed by atoms with Gasteiger partial charge in [-0.1, -0.05) is 53.8 Å². The first kappa shape index (κ1) is 15.9. The molecule has 0 aliphatic rings. The number of hydrogen-bond donors (Lipinski definition) is 0. The van der Waals surface area contributed by atoms with Crippen LogP contribution >= 0.6 is 12.2 Å². The number of hydrogen-bond acceptors (Lipinski definition) is 2. The van der Waals surface area contributed by atoms with E-state index in [1.165, 1.54) is 16.7 Å². The van der Waals surface area contributed by atoms with Crippen molar-refractivity contribution in [2.24, 2.45) is 4.99 Å². The maximum absolute atomic E-state index is 4.59. The van der Waals surface area contributed by atoms with Gasteiger partial charge in [-0.3, -0.25) is 0 Å². The van der Waals surface area contributed by atoms with Crippen molar-refractivity contribution >= 4 is 23.1 Å². The second-order valence-electron chi connectivity index (χ2n) is 5.44. The van der Waals surface area contributed by atoms with Crippen LogP contribution < -0.4 is 0 Å². The van der Waals surface area contributed by atoms with Crippen LogP contribution in [0.25, 0.3) is 11.1 Å². The molecule has 1 nitrogen and oxygen atoms in total. The Hall–Kier alpha value is -2.98. The fourth-order valence-corrected chi connectivity index (χ4v) is 2.41. The van der Waals surface area contributed by atoms with Crippen LogP contribution in [0.3, 0.4) is 0 Å². The molecule has 0 aliphatic carbocycles. The number of thiocarbonyl (C=S) groups is 1. The topological polar surface area (TPSA) is 12.4 Å². The number of isothiocyanates is 1. The molecule has 0 fully saturated rings. The lowest BCUT2D eigenvalue weighted by Gasteiger charge is -2.02. The molecule has 114 valence electrons. The van der Waals surface area contributed by atoms with Crippen molar-refractivity contribution in [3.8, 4) is 23.0 Å². The summed E-state index contributed by atoms with van der Waals surface area (Å²) in [5.41, 5.74) is 6.41. The molecule has 0 aromatic heterocycles. The van der Waals surface area contributed by atoms with Crippen molar-refractivity contribution < 1.29 is 0 Å². The lowest BCUT2D eigenvalue weighted by molar-refractivity contribution is 1.47. The van der Waals surface area contributed by atoms with E-state index in [0.717, 1.165) is 16.8 Å². The zero-order valence-corrected chi connectivity index (χ0v) is 14.1. The van der Waals surface area contributed by atoms with Gasteiger partial charge in [-0.2, -0.15) is 4.99 Å². The Morgan fingerprint density at radius 2 is 1.12 bits per heavy atom. The summed E-state index contributed by atoms with van der Waals surface area (Å²) in [6.45, 7) is 2.09. The highest BCUT2D eigenvalue weighted by Gasteiger charge is 1.97. The Kier molecular flexibility index (Phi) is 4.99. The smallest absolute Gasteiger partial charge is 0.0740 e. The van der Waals surface area contributed by atoms with E-state index < -0.39 is 0 Å². The van der Waals surface area contributed by atoms with Crippen LogP contribution in [-0.4, -0.2) is 5.16 Å². The number of benzene rings is 3. The van der Waals surface area contributed by atoms with E-state index in [0.29, 0.717) is 0 Å². The minimum absolute atomic E-state index is 0.790. The molecule has 0 saturated carbocycles. The summed E-state index contributed by atoms with van der Waals surface area (Å²) in [4.78, 5) is 3.93. The number of rotatable bonds is 2. The Balaban J connectivity index is 1.77. The van der Waals surface area contributed by atoms with E-state index in [9.17, 15) is 0 Å². The zero-order chi connectivity index (χ0) is 16.8. The van der Waals surface area contributed by atoms with Crippen molar-refractivity contribution in [2.45, 2.75) is 6.92 Å². The second kappa shape index (κ2) is 7.53. The maximum atomic E-state index is 4.59. The molecule has 0 saturated heterocycles. The Labute approximate surface area is 147 Å². The van der Waals surface area contributed by atoms with Crippen molar-refractivity contribution in [3.05, 3.63) is 89.5 Å². The van der Waals surface area contributed by atoms with Gasteiger partial charge in [0.1, 0.15) is 0 Å². The quantitative estimate of drug-likeness (QED) is 0.330. The molecule has 0 spiro atoms. The van der Waals surface area contributed by atoms with E-state index in [2.05, 4.69) is 77.5 Å². The number of nitrogens with zero attached hydrogens (tertiary/aromatic N) is 1. The predicted molar refractivity (Wildman–Crippen MR) is 104 cm³/mol. The van der Waals surface area contributed by atoms with Gasteiger partial charge in [-0.05, 0) is 66.7 Å². The van der Waals surface area contributed by atoms with Crippen LogP contribution in [0.4, 0.5) is 5.69 Å². The third-order valence-corrected chi connectivity index (χ3v) is 3.75. The average molecular weight is 325 g/mol. The lowest BCUT2D eigenvalue weighted by Crippen LogP contribution is -1.80. The van der Waals surface area contributed by atoms with Gasteiger partial charge in [0.2, 0.25) is 0 Å². The van der Waals surface area contributed by atoms with Crippen LogP contribution in [0.15, 0.2) is 77.8 Å². The SMILES string of the molecule is Cc1ccc(-c2ccc(C#Cc3ccc(N=C=S)cc3)cc2)cc1. The van der Waals surface area contributed by atoms with Gasteiger partial charge in [-0.25, -0.2) is 0 Å². The van der Waals surface area contributed by atoms with E-state index in [1.807, 2.05) is 36.4 Å². The van der Waals surface area contributed by atoms with Crippen LogP contribution in [0.1, 0.15) is 16.7 Å². The molecule has 0 radical (unpaired) electrons. The highest BCUT2D eigenvalue weighted by molar-refractivity contribution is 7.78. The predicted octanol–water partition coefficient (Wildman–Crippen LogP) is 5.80. The first-order valence-corrected chi connectivity index (χ1v) is 8.02. The molecule has 0 heterocycles. The maximum Gasteiger partial charge on any atom is 0.0740 e. The first-order chi connectivity index (χ1) is 11.7. The van der Waals surface area contributed by atoms with Crippen molar-refractivity contribution in [3.63, 3.8) is 0 Å². The summed E-state index contributed by atoms with van der Waals surface area (Å²) in [7, 11) is 0. The zero-order valence-electron chi connectivity index (χ0n) is 13.3. The molecule has 0 N–H and O–H groups in total. The van der Waals surface area contributed by atoms with E-state index >= 15 is 0 Å². The fourth-order valence-electron chi connectivity index (χ4n) is 2.31. The minimum atomic E-state index is 0.790. The van der Waals surface area contributed by atoms with Crippen LogP contribution in [0, 0.1) is 18.8 Å². The molecule has 0 atom stereocenters. The van der Waals surface area contributed by atoms with Gasteiger partial charge >= 0.3 is 0 Å². The van der Waals surface area contributed by atoms with Crippen LogP contribution in [0.5, 0.6) is 0 Å². The third kappa shape index (κ3) is 4.06. The first-order valence-electron chi connectivity index (χ1n) is 7.62. The van der Waals surface area contributed by atoms with Crippen molar-refractivity contribution in [2.75, 3.05) is 0 Å². The van der Waals surface area contributed by atoms with E-state index in [1.54, 1.807) is 0 Å². The minimum Gasteiger partial charge on any atom is -0.195 e. The molecule has 3 rings (SSSR count). The normalized spacial score (nSPS) is 9.54. The summed E-state index contributed by atoms with van der Waals surface area (Å²) in [6, 6.07) is 24.4. The molecule has 0 unspecified atom stereocenters. The van der Waals surface area contributed by atoms with Crippen LogP contribution in [0.2, 0.25) is 0 Å². The monoisotopic (exact) mass is 325 g/mol. The van der Waals surface area contributed by atoms with E-state index in [4.69, 9.17) is 0 Å². The Morgan fingerprint density at radius 3 is 1.62 bits per heavy atom. The van der Waals surface area contributed by atoms with Gasteiger partial charge in [0.15, 0.2) is 0 Å². The molecule has 3 aromatic rings. The summed E-state index contributed by atoms with van der Waals surface area (Å²) >= 11 is 4.59. The molecule has 2 heteroatoms. The molecule has 24 heavy (non-hydrogen) atoms. The molecule has 0 aliphatic heterocycles. The van der Waals surface area contributed by atoms with E-state index in [-0.39, 0.29) is 0 Å². The molecule has 0 bridgehead atoms. The third-order valence-electron chi connectivity index (χ3n) is 3.66. The number of aliphatic imine (C=N–C) groups is 1. The molecular formula is C22H15NS. The second-order valence-corrected chi connectivity index (χ2v) is 5.63. The van der Waals surface area contributed by atoms with Crippen LogP contribution in [-0.2, 0) is 0 Å². The highest BCUT2D eigenvalue weighted by Crippen LogP contribution is 2.20. The molecular weight excluding hydrogens is 310 g/mol. The number of aryl methyl sites for hydroxylation is 1. The summed E-state index contributed by atoms with van der Waals surface area (Å²) in [5.74, 6) is 6.34. The lowest BCUT2D eigenvalue weighted by atomic mass is 10.0. The van der Waals surface area contributed by atoms with Gasteiger partial charge in [0.05, 0.1) is 10.8 Å². The highest BCUT2D eigenvalue weighted by atomic mass is 32.1. The molecule has 0 amide bonds. The standard InChI is InChI=1S/C22H15NS/c1-17-2-10-20(11-3-17)21-12-6-18(7-13-21)4-5-19-8-14-22(15-9-19)23-16-24/h2-3,6-15H,1H3. The van der Waals surface area contributed by atoms with Gasteiger partial charge in [-0.15, -0.1) is 0 Å². The largest absolute Gasteiger partial charge is 0.195 e.